The summed E-state index contributed by atoms with van der Waals surface area (Å²) < 4.78 is 33.1. The molecular weight excluding hydrogens is 442 g/mol. The lowest BCUT2D eigenvalue weighted by Gasteiger charge is -2.18. The normalized spacial score (nSPS) is 12.0. The Balaban J connectivity index is 1.53. The highest BCUT2D eigenvalue weighted by Gasteiger charge is 2.20. The first-order chi connectivity index (χ1) is 16.5. The molecule has 184 valence electrons. The third-order valence-electron chi connectivity index (χ3n) is 4.82. The molecule has 1 aliphatic rings. The van der Waals surface area contributed by atoms with Crippen LogP contribution in [0.2, 0.25) is 0 Å². The Bertz CT molecular complexity index is 964. The van der Waals surface area contributed by atoms with Crippen LogP contribution in [0.5, 0.6) is 28.7 Å². The van der Waals surface area contributed by atoms with E-state index in [1.165, 1.54) is 12.1 Å². The third-order valence-corrected chi connectivity index (χ3v) is 4.82. The van der Waals surface area contributed by atoms with E-state index in [0.29, 0.717) is 69.0 Å². The lowest BCUT2D eigenvalue weighted by Crippen LogP contribution is -2.30. The average molecular weight is 474 g/mol. The van der Waals surface area contributed by atoms with Crippen LogP contribution in [-0.2, 0) is 16.0 Å². The highest BCUT2D eigenvalue weighted by atomic mass is 16.6. The van der Waals surface area contributed by atoms with Crippen LogP contribution in [0.1, 0.15) is 36.7 Å². The van der Waals surface area contributed by atoms with Crippen molar-refractivity contribution in [1.82, 2.24) is 5.32 Å². The van der Waals surface area contributed by atoms with Gasteiger partial charge in [-0.2, -0.15) is 0 Å². The van der Waals surface area contributed by atoms with Crippen molar-refractivity contribution in [3.05, 3.63) is 41.5 Å². The molecule has 0 saturated heterocycles. The molecule has 1 aliphatic heterocycles. The fourth-order valence-electron chi connectivity index (χ4n) is 3.36. The molecule has 9 heteroatoms. The number of carbonyl (C=O) groups is 2. The van der Waals surface area contributed by atoms with E-state index in [4.69, 9.17) is 28.4 Å². The maximum Gasteiger partial charge on any atom is 0.338 e. The van der Waals surface area contributed by atoms with E-state index in [-0.39, 0.29) is 5.56 Å². The van der Waals surface area contributed by atoms with Crippen molar-refractivity contribution in [2.75, 3.05) is 46.2 Å². The van der Waals surface area contributed by atoms with Gasteiger partial charge < -0.3 is 33.7 Å². The molecule has 3 rings (SSSR count). The summed E-state index contributed by atoms with van der Waals surface area (Å²) in [4.78, 5) is 24.8. The minimum Gasteiger partial charge on any atom is -0.490 e. The number of nitrogens with one attached hydrogen (secondary N) is 1. The van der Waals surface area contributed by atoms with Gasteiger partial charge in [0.15, 0.2) is 29.6 Å². The van der Waals surface area contributed by atoms with E-state index in [9.17, 15) is 9.59 Å². The third kappa shape index (κ3) is 6.69. The predicted molar refractivity (Wildman–Crippen MR) is 124 cm³/mol. The van der Waals surface area contributed by atoms with E-state index < -0.39 is 18.5 Å². The zero-order valence-electron chi connectivity index (χ0n) is 19.8. The quantitative estimate of drug-likeness (QED) is 0.469. The molecule has 0 atom stereocenters. The van der Waals surface area contributed by atoms with Crippen molar-refractivity contribution in [1.29, 1.82) is 0 Å². The summed E-state index contributed by atoms with van der Waals surface area (Å²) in [6, 6.07) is 8.74. The zero-order valence-corrected chi connectivity index (χ0v) is 19.8. The zero-order chi connectivity index (χ0) is 24.3. The number of rotatable bonds is 12. The molecule has 0 fully saturated rings. The van der Waals surface area contributed by atoms with Crippen molar-refractivity contribution >= 4 is 11.9 Å². The van der Waals surface area contributed by atoms with Crippen molar-refractivity contribution in [3.63, 3.8) is 0 Å². The number of carbonyl (C=O) groups excluding carboxylic acids is 2. The lowest BCUT2D eigenvalue weighted by molar-refractivity contribution is -0.124. The van der Waals surface area contributed by atoms with Gasteiger partial charge in [0.1, 0.15) is 13.2 Å². The second kappa shape index (κ2) is 12.6. The Morgan fingerprint density at radius 1 is 0.882 bits per heavy atom. The minimum absolute atomic E-state index is 0.208. The molecule has 0 spiro atoms. The number of fused-ring (bicyclic) bond motifs is 1. The summed E-state index contributed by atoms with van der Waals surface area (Å²) in [5, 5.41) is 2.75. The Morgan fingerprint density at radius 2 is 1.53 bits per heavy atom. The minimum atomic E-state index is -0.660. The second-order valence-corrected chi connectivity index (χ2v) is 7.25. The molecule has 34 heavy (non-hydrogen) atoms. The summed E-state index contributed by atoms with van der Waals surface area (Å²) in [6.07, 6.45) is 0.602. The highest BCUT2D eigenvalue weighted by molar-refractivity contribution is 5.92. The molecule has 9 nitrogen and oxygen atoms in total. The fourth-order valence-corrected chi connectivity index (χ4v) is 3.36. The molecule has 0 bridgehead atoms. The summed E-state index contributed by atoms with van der Waals surface area (Å²) in [6.45, 7) is 7.74. The van der Waals surface area contributed by atoms with Gasteiger partial charge in [0, 0.05) is 6.54 Å². The van der Waals surface area contributed by atoms with Crippen LogP contribution in [0.15, 0.2) is 30.3 Å². The van der Waals surface area contributed by atoms with E-state index in [0.717, 1.165) is 11.3 Å². The van der Waals surface area contributed by atoms with Crippen LogP contribution in [0, 0.1) is 0 Å². The molecule has 1 heterocycles. The second-order valence-electron chi connectivity index (χ2n) is 7.25. The number of hydrogen-bond donors (Lipinski definition) is 1. The number of ether oxygens (including phenoxy) is 6. The topological polar surface area (TPSA) is 102 Å². The van der Waals surface area contributed by atoms with E-state index in [1.807, 2.05) is 39.0 Å². The van der Waals surface area contributed by atoms with Crippen molar-refractivity contribution < 1.29 is 38.0 Å². The molecular formula is C25H31NO8. The van der Waals surface area contributed by atoms with Gasteiger partial charge in [0.25, 0.3) is 5.91 Å². The molecule has 1 amide bonds. The molecule has 2 aromatic carbocycles. The van der Waals surface area contributed by atoms with Crippen LogP contribution in [-0.4, -0.2) is 58.1 Å². The maximum atomic E-state index is 12.6. The van der Waals surface area contributed by atoms with Gasteiger partial charge in [-0.05, 0) is 57.0 Å². The van der Waals surface area contributed by atoms with E-state index >= 15 is 0 Å². The van der Waals surface area contributed by atoms with Crippen molar-refractivity contribution in [2.45, 2.75) is 27.2 Å². The fraction of sp³-hybridized carbons (Fsp3) is 0.440. The van der Waals surface area contributed by atoms with Gasteiger partial charge in [0.2, 0.25) is 5.75 Å². The van der Waals surface area contributed by atoms with E-state index in [2.05, 4.69) is 5.32 Å². The molecule has 0 saturated carbocycles. The summed E-state index contributed by atoms with van der Waals surface area (Å²) in [7, 11) is 0. The summed E-state index contributed by atoms with van der Waals surface area (Å²) >= 11 is 0. The highest BCUT2D eigenvalue weighted by Crippen LogP contribution is 2.39. The van der Waals surface area contributed by atoms with Crippen molar-refractivity contribution in [3.8, 4) is 28.7 Å². The average Bonchev–Trinajstić information content (AvgIpc) is 2.84. The number of esters is 1. The first kappa shape index (κ1) is 25.0. The largest absolute Gasteiger partial charge is 0.490 e. The molecule has 0 aromatic heterocycles. The Kier molecular flexibility index (Phi) is 9.25. The van der Waals surface area contributed by atoms with Gasteiger partial charge in [-0.25, -0.2) is 4.79 Å². The van der Waals surface area contributed by atoms with Crippen LogP contribution in [0.25, 0.3) is 0 Å². The number of benzene rings is 2. The smallest absolute Gasteiger partial charge is 0.338 e. The van der Waals surface area contributed by atoms with Gasteiger partial charge in [-0.1, -0.05) is 6.07 Å². The van der Waals surface area contributed by atoms with E-state index in [1.54, 1.807) is 0 Å². The lowest BCUT2D eigenvalue weighted by atomic mass is 10.1. The first-order valence-corrected chi connectivity index (χ1v) is 11.4. The van der Waals surface area contributed by atoms with Crippen LogP contribution < -0.4 is 29.0 Å². The number of amides is 1. The molecule has 0 aliphatic carbocycles. The van der Waals surface area contributed by atoms with Crippen molar-refractivity contribution in [2.24, 2.45) is 0 Å². The Hall–Kier alpha value is -3.62. The van der Waals surface area contributed by atoms with Gasteiger partial charge >= 0.3 is 5.97 Å². The van der Waals surface area contributed by atoms with Gasteiger partial charge in [0.05, 0.1) is 25.4 Å². The molecule has 2 aromatic rings. The SMILES string of the molecule is CCOc1cc(C(=O)OCC(=O)NCCc2ccc3c(c2)OCCO3)cc(OCC)c1OCC. The van der Waals surface area contributed by atoms with Gasteiger partial charge in [-0.15, -0.1) is 0 Å². The molecule has 0 unspecified atom stereocenters. The molecule has 1 N–H and O–H groups in total. The van der Waals surface area contributed by atoms with Crippen LogP contribution >= 0.6 is 0 Å². The Labute approximate surface area is 199 Å². The van der Waals surface area contributed by atoms with Crippen LogP contribution in [0.4, 0.5) is 0 Å². The predicted octanol–water partition coefficient (Wildman–Crippen LogP) is 3.17. The van der Waals surface area contributed by atoms with Gasteiger partial charge in [-0.3, -0.25) is 4.79 Å². The molecule has 0 radical (unpaired) electrons. The van der Waals surface area contributed by atoms with Crippen LogP contribution in [0.3, 0.4) is 0 Å². The Morgan fingerprint density at radius 3 is 2.18 bits per heavy atom. The maximum absolute atomic E-state index is 12.6. The summed E-state index contributed by atoms with van der Waals surface area (Å²) in [5.74, 6) is 1.56. The standard InChI is InChI=1S/C25H31NO8/c1-4-29-21-14-18(15-22(30-5-2)24(21)31-6-3)25(28)34-16-23(27)26-10-9-17-7-8-19-20(13-17)33-12-11-32-19/h7-8,13-15H,4-6,9-12,16H2,1-3H3,(H,26,27). The monoisotopic (exact) mass is 473 g/mol. The first-order valence-electron chi connectivity index (χ1n) is 11.4. The summed E-state index contributed by atoms with van der Waals surface area (Å²) in [5.41, 5.74) is 1.21. The number of hydrogen-bond acceptors (Lipinski definition) is 8.